The molecule has 0 radical (unpaired) electrons. The summed E-state index contributed by atoms with van der Waals surface area (Å²) in [6.07, 6.45) is 0. The van der Waals surface area contributed by atoms with Crippen molar-refractivity contribution in [3.05, 3.63) is 78.0 Å². The number of rotatable bonds is 12. The number of ether oxygens (including phenoxy) is 2. The van der Waals surface area contributed by atoms with Gasteiger partial charge < -0.3 is 39.7 Å². The van der Waals surface area contributed by atoms with Gasteiger partial charge in [0.1, 0.15) is 65.6 Å². The first-order chi connectivity index (χ1) is 29.2. The average Bonchev–Trinajstić information content (AvgIpc) is 3.18. The van der Waals surface area contributed by atoms with Crippen molar-refractivity contribution in [2.75, 3.05) is 14.2 Å². The molecule has 6 aromatic carbocycles. The van der Waals surface area contributed by atoms with Gasteiger partial charge in [-0.2, -0.15) is 25.3 Å². The first-order valence-electron chi connectivity index (χ1n) is 16.5. The maximum absolute atomic E-state index is 13.2. The van der Waals surface area contributed by atoms with Gasteiger partial charge in [0.2, 0.25) is 5.69 Å². The number of azo groups is 3. The number of aromatic hydroxyl groups is 4. The van der Waals surface area contributed by atoms with Crippen molar-refractivity contribution in [2.45, 2.75) is 19.6 Å². The van der Waals surface area contributed by atoms with E-state index in [-0.39, 0.29) is 68.7 Å². The molecule has 25 nitrogen and oxygen atoms in total. The number of hydrogen-bond donors (Lipinski definition) is 7. The number of methoxy groups -OCH3 is 2. The Morgan fingerprint density at radius 1 is 0.562 bits per heavy atom. The topological polar surface area (TPSA) is 408 Å². The largest absolute Gasteiger partial charge is 1.00 e. The molecule has 0 amide bonds. The van der Waals surface area contributed by atoms with Crippen LogP contribution in [0.15, 0.2) is 118 Å². The molecular formula is C34H25N6NaO19S4. The molecule has 64 heavy (non-hydrogen) atoms. The third kappa shape index (κ3) is 9.98. The van der Waals surface area contributed by atoms with Crippen molar-refractivity contribution >= 4 is 96.1 Å². The van der Waals surface area contributed by atoms with Crippen LogP contribution in [0.5, 0.6) is 34.5 Å². The van der Waals surface area contributed by atoms with Crippen LogP contribution in [-0.2, 0) is 40.5 Å². The minimum Gasteiger partial charge on any atom is -0.744 e. The van der Waals surface area contributed by atoms with Crippen LogP contribution in [0.3, 0.4) is 0 Å². The maximum atomic E-state index is 13.2. The molecule has 7 N–H and O–H groups in total. The second kappa shape index (κ2) is 17.8. The van der Waals surface area contributed by atoms with Gasteiger partial charge in [0.25, 0.3) is 30.4 Å². The molecule has 6 aromatic rings. The van der Waals surface area contributed by atoms with Crippen molar-refractivity contribution < 1.29 is 116 Å². The summed E-state index contributed by atoms with van der Waals surface area (Å²) in [5.41, 5.74) is -2.47. The van der Waals surface area contributed by atoms with Crippen LogP contribution in [0.25, 0.3) is 21.5 Å². The van der Waals surface area contributed by atoms with E-state index in [0.717, 1.165) is 25.3 Å². The molecule has 0 aliphatic carbocycles. The molecule has 0 saturated carbocycles. The van der Waals surface area contributed by atoms with Gasteiger partial charge in [-0.05, 0) is 64.2 Å². The van der Waals surface area contributed by atoms with E-state index in [1.807, 2.05) is 0 Å². The standard InChI is InChI=1S/C34H26N6O19S4.Na/c1-58-25-11-17(3-5-21(25)35-37-31-27(62(52,53)54)9-15-7-19(60(46,47)48)13-23(41)29(15)33(31)43)39-40(45)18-4-6-22(26(12-18)59-2)36-38-32-28(63(55,56)57)10-16-8-20(61(49,50)51)14-24(42)30(16)34(32)44;/h3-14,41-44H,1-2H3,(H,46,47,48)(H,49,50,51)(H,52,53,54)(H,55,56,57);/q;+1/p-1. The Hall–Kier alpha value is -6.12. The Balaban J connectivity index is 0.00000771. The van der Waals surface area contributed by atoms with Gasteiger partial charge in [-0.15, -0.1) is 20.5 Å². The zero-order valence-corrected chi connectivity index (χ0v) is 37.5. The van der Waals surface area contributed by atoms with Gasteiger partial charge in [-0.3, -0.25) is 13.7 Å². The number of phenols is 4. The molecule has 0 fully saturated rings. The maximum Gasteiger partial charge on any atom is 1.00 e. The van der Waals surface area contributed by atoms with Crippen LogP contribution in [0.1, 0.15) is 0 Å². The van der Waals surface area contributed by atoms with Gasteiger partial charge in [0.05, 0.1) is 40.8 Å². The normalized spacial score (nSPS) is 12.9. The summed E-state index contributed by atoms with van der Waals surface area (Å²) >= 11 is 0. The van der Waals surface area contributed by atoms with E-state index in [0.29, 0.717) is 36.4 Å². The van der Waals surface area contributed by atoms with E-state index < -0.39 is 116 Å². The molecule has 6 rings (SSSR count). The molecular weight excluding hydrogens is 948 g/mol. The van der Waals surface area contributed by atoms with E-state index in [1.54, 1.807) is 0 Å². The molecule has 0 bridgehead atoms. The Morgan fingerprint density at radius 3 is 1.44 bits per heavy atom. The van der Waals surface area contributed by atoms with E-state index in [9.17, 15) is 77.5 Å². The molecule has 0 aromatic heterocycles. The third-order valence-electron chi connectivity index (χ3n) is 8.62. The average molecular weight is 973 g/mol. The fourth-order valence-corrected chi connectivity index (χ4v) is 8.19. The van der Waals surface area contributed by atoms with Gasteiger partial charge in [-0.1, -0.05) is 0 Å². The quantitative estimate of drug-likeness (QED) is 0.0304. The Kier molecular flexibility index (Phi) is 13.6. The number of nitrogens with zero attached hydrogens (tertiary/aromatic N) is 6. The number of benzene rings is 6. The van der Waals surface area contributed by atoms with E-state index in [4.69, 9.17) is 9.47 Å². The van der Waals surface area contributed by atoms with Crippen LogP contribution >= 0.6 is 0 Å². The fraction of sp³-hybridized carbons (Fsp3) is 0.0588. The van der Waals surface area contributed by atoms with Crippen molar-refractivity contribution in [3.8, 4) is 34.5 Å². The molecule has 0 aliphatic heterocycles. The summed E-state index contributed by atoms with van der Waals surface area (Å²) < 4.78 is 146. The van der Waals surface area contributed by atoms with Crippen molar-refractivity contribution in [3.63, 3.8) is 0 Å². The molecule has 30 heteroatoms. The van der Waals surface area contributed by atoms with Gasteiger partial charge in [0, 0.05) is 23.3 Å². The summed E-state index contributed by atoms with van der Waals surface area (Å²) in [4.78, 5) is -3.91. The van der Waals surface area contributed by atoms with Gasteiger partial charge in [0.15, 0.2) is 17.2 Å². The van der Waals surface area contributed by atoms with Crippen molar-refractivity contribution in [1.82, 2.24) is 0 Å². The van der Waals surface area contributed by atoms with Crippen LogP contribution in [0, 0.1) is 5.21 Å². The Morgan fingerprint density at radius 2 is 1.00 bits per heavy atom. The van der Waals surface area contributed by atoms with Crippen LogP contribution in [0.2, 0.25) is 0 Å². The molecule has 0 unspecified atom stereocenters. The van der Waals surface area contributed by atoms with Crippen molar-refractivity contribution in [1.29, 1.82) is 0 Å². The van der Waals surface area contributed by atoms with Gasteiger partial charge in [-0.25, -0.2) is 8.42 Å². The van der Waals surface area contributed by atoms with E-state index in [1.165, 1.54) is 25.3 Å². The van der Waals surface area contributed by atoms with Gasteiger partial charge >= 0.3 is 29.6 Å². The van der Waals surface area contributed by atoms with Crippen molar-refractivity contribution in [2.24, 2.45) is 25.6 Å². The zero-order chi connectivity index (χ0) is 46.6. The molecule has 0 spiro atoms. The minimum absolute atomic E-state index is 0. The first-order valence-corrected chi connectivity index (χ1v) is 22.3. The molecule has 0 aliphatic rings. The smallest absolute Gasteiger partial charge is 0.744 e. The van der Waals surface area contributed by atoms with Crippen LogP contribution in [-0.4, -0.2) is 91.4 Å². The fourth-order valence-electron chi connectivity index (χ4n) is 5.81. The summed E-state index contributed by atoms with van der Waals surface area (Å²) in [7, 11) is -18.2. The SMILES string of the molecule is COc1cc(N=[N+]([O-])c2ccc(N=Nc3c(S(=O)(=O)O)cc4cc(S(=O)(=O)O)cc(O)c4c3O)c(OC)c2)ccc1N=Nc1c(S(=O)(=O)O)cc2cc(S(=O)(=O)[O-])cc(O)c2c1O.[Na+]. The zero-order valence-electron chi connectivity index (χ0n) is 32.3. The van der Waals surface area contributed by atoms with Crippen LogP contribution in [0.4, 0.5) is 34.1 Å². The molecule has 0 atom stereocenters. The summed E-state index contributed by atoms with van der Waals surface area (Å²) in [5, 5.41) is 72.8. The second-order valence-electron chi connectivity index (χ2n) is 12.6. The Bertz CT molecular complexity index is 3500. The molecule has 0 saturated heterocycles. The first kappa shape index (κ1) is 48.9. The molecule has 0 heterocycles. The summed E-state index contributed by atoms with van der Waals surface area (Å²) in [6, 6.07) is 10.7. The van der Waals surface area contributed by atoms with E-state index in [2.05, 4.69) is 25.6 Å². The summed E-state index contributed by atoms with van der Waals surface area (Å²) in [6.45, 7) is 0. The third-order valence-corrected chi connectivity index (χ3v) is 12.0. The second-order valence-corrected chi connectivity index (χ2v) is 18.2. The number of fused-ring (bicyclic) bond motifs is 2. The Labute approximate surface area is 381 Å². The number of phenolic OH excluding ortho intramolecular Hbond substituents is 4. The van der Waals surface area contributed by atoms with Crippen LogP contribution < -0.4 is 39.0 Å². The van der Waals surface area contributed by atoms with E-state index >= 15 is 0 Å². The predicted molar refractivity (Wildman–Crippen MR) is 212 cm³/mol. The minimum atomic E-state index is -5.22. The summed E-state index contributed by atoms with van der Waals surface area (Å²) in [5.74, 6) is -4.36. The predicted octanol–water partition coefficient (Wildman–Crippen LogP) is 3.24. The monoisotopic (exact) mass is 972 g/mol. The number of hydrogen-bond acceptors (Lipinski definition) is 21. The molecule has 330 valence electrons.